The van der Waals surface area contributed by atoms with Crippen LogP contribution in [0.15, 0.2) is 54.6 Å². The average Bonchev–Trinajstić information content (AvgIpc) is 3.08. The molecule has 4 rings (SSSR count). The Morgan fingerprint density at radius 1 is 0.842 bits per heavy atom. The maximum Gasteiger partial charge on any atom is 0.0611 e. The fraction of sp³-hybridized carbons (Fsp3) is 0.333. The van der Waals surface area contributed by atoms with Gasteiger partial charge in [0.25, 0.3) is 0 Å². The summed E-state index contributed by atoms with van der Waals surface area (Å²) in [4.78, 5) is 0. The molecular weight excluding hydrogens is 230 g/mol. The van der Waals surface area contributed by atoms with E-state index < -0.39 is 0 Å². The third-order valence-electron chi connectivity index (χ3n) is 4.94. The van der Waals surface area contributed by atoms with Crippen molar-refractivity contribution in [1.82, 2.24) is 0 Å². The first-order chi connectivity index (χ1) is 9.40. The van der Waals surface area contributed by atoms with Gasteiger partial charge in [-0.25, -0.2) is 0 Å². The van der Waals surface area contributed by atoms with Crippen molar-refractivity contribution in [3.63, 3.8) is 0 Å². The number of hydrogen-bond donors (Lipinski definition) is 1. The fourth-order valence-electron chi connectivity index (χ4n) is 4.10. The van der Waals surface area contributed by atoms with Crippen molar-refractivity contribution in [3.05, 3.63) is 65.7 Å². The van der Waals surface area contributed by atoms with Gasteiger partial charge in [0.2, 0.25) is 0 Å². The summed E-state index contributed by atoms with van der Waals surface area (Å²) in [6.45, 7) is 0. The molecule has 1 saturated carbocycles. The summed E-state index contributed by atoms with van der Waals surface area (Å²) in [5, 5.41) is 3.78. The number of anilines is 1. The van der Waals surface area contributed by atoms with Gasteiger partial charge in [-0.2, -0.15) is 0 Å². The van der Waals surface area contributed by atoms with Crippen LogP contribution >= 0.6 is 0 Å². The van der Waals surface area contributed by atoms with E-state index in [4.69, 9.17) is 0 Å². The molecule has 1 fully saturated rings. The monoisotopic (exact) mass is 249 g/mol. The molecule has 19 heavy (non-hydrogen) atoms. The summed E-state index contributed by atoms with van der Waals surface area (Å²) >= 11 is 0. The number of fused-ring (bicyclic) bond motifs is 2. The molecule has 0 radical (unpaired) electrons. The highest BCUT2D eigenvalue weighted by Crippen LogP contribution is 2.56. The minimum atomic E-state index is 0.331. The summed E-state index contributed by atoms with van der Waals surface area (Å²) in [6, 6.07) is 20.3. The first-order valence-corrected chi connectivity index (χ1v) is 7.31. The Hall–Kier alpha value is -1.76. The Morgan fingerprint density at radius 2 is 1.53 bits per heavy atom. The lowest BCUT2D eigenvalue weighted by molar-refractivity contribution is 0.400. The van der Waals surface area contributed by atoms with Crippen molar-refractivity contribution in [2.45, 2.75) is 37.1 Å². The Labute approximate surface area is 114 Å². The first kappa shape index (κ1) is 11.1. The Balaban J connectivity index is 1.86. The van der Waals surface area contributed by atoms with Gasteiger partial charge >= 0.3 is 0 Å². The Kier molecular flexibility index (Phi) is 2.41. The van der Waals surface area contributed by atoms with Crippen LogP contribution in [0, 0.1) is 0 Å². The van der Waals surface area contributed by atoms with E-state index in [1.54, 1.807) is 5.56 Å². The second-order valence-corrected chi connectivity index (χ2v) is 5.90. The highest BCUT2D eigenvalue weighted by Gasteiger charge is 2.48. The van der Waals surface area contributed by atoms with Crippen molar-refractivity contribution < 1.29 is 0 Å². The molecule has 1 nitrogen and oxygen atoms in total. The summed E-state index contributed by atoms with van der Waals surface area (Å²) < 4.78 is 0. The van der Waals surface area contributed by atoms with Gasteiger partial charge in [0.1, 0.15) is 0 Å². The third kappa shape index (κ3) is 1.54. The van der Waals surface area contributed by atoms with Gasteiger partial charge < -0.3 is 5.32 Å². The molecule has 1 N–H and O–H groups in total. The molecule has 0 amide bonds. The van der Waals surface area contributed by atoms with Crippen LogP contribution in [0.25, 0.3) is 0 Å². The molecular formula is C18H19N. The number of benzene rings is 2. The minimum Gasteiger partial charge on any atom is -0.377 e. The quantitative estimate of drug-likeness (QED) is 0.774. The van der Waals surface area contributed by atoms with Crippen LogP contribution in [0.5, 0.6) is 0 Å². The molecule has 0 aromatic heterocycles. The number of rotatable bonds is 1. The molecule has 0 bridgehead atoms. The molecule has 1 heterocycles. The van der Waals surface area contributed by atoms with Crippen LogP contribution in [0.4, 0.5) is 5.69 Å². The maximum atomic E-state index is 3.78. The van der Waals surface area contributed by atoms with Crippen LogP contribution in [0.3, 0.4) is 0 Å². The molecule has 0 unspecified atom stereocenters. The predicted octanol–water partition coefficient (Wildman–Crippen LogP) is 4.67. The van der Waals surface area contributed by atoms with Crippen LogP contribution in [-0.4, -0.2) is 0 Å². The van der Waals surface area contributed by atoms with Gasteiger partial charge in [0.15, 0.2) is 0 Å². The second-order valence-electron chi connectivity index (χ2n) is 5.90. The van der Waals surface area contributed by atoms with E-state index in [9.17, 15) is 0 Å². The lowest BCUT2D eigenvalue weighted by Gasteiger charge is -2.32. The van der Waals surface area contributed by atoms with Gasteiger partial charge in [0, 0.05) is 11.1 Å². The SMILES string of the molecule is c1ccc([C@H]2Nc3ccccc3C23CCCC3)cc1. The highest BCUT2D eigenvalue weighted by molar-refractivity contribution is 5.64. The van der Waals surface area contributed by atoms with Gasteiger partial charge in [-0.15, -0.1) is 0 Å². The van der Waals surface area contributed by atoms with Crippen LogP contribution in [-0.2, 0) is 5.41 Å². The van der Waals surface area contributed by atoms with Gasteiger partial charge in [-0.3, -0.25) is 0 Å². The van der Waals surface area contributed by atoms with E-state index in [1.807, 2.05) is 0 Å². The van der Waals surface area contributed by atoms with Gasteiger partial charge in [-0.1, -0.05) is 61.4 Å². The van der Waals surface area contributed by atoms with Crippen molar-refractivity contribution >= 4 is 5.69 Å². The van der Waals surface area contributed by atoms with Crippen molar-refractivity contribution in [3.8, 4) is 0 Å². The van der Waals surface area contributed by atoms with Gasteiger partial charge in [-0.05, 0) is 30.0 Å². The summed E-state index contributed by atoms with van der Waals surface area (Å²) in [5.41, 5.74) is 4.65. The van der Waals surface area contributed by atoms with E-state index in [1.165, 1.54) is 36.9 Å². The smallest absolute Gasteiger partial charge is 0.0611 e. The summed E-state index contributed by atoms with van der Waals surface area (Å²) in [5.74, 6) is 0. The lowest BCUT2D eigenvalue weighted by Crippen LogP contribution is -2.29. The zero-order valence-electron chi connectivity index (χ0n) is 11.1. The van der Waals surface area contributed by atoms with Crippen LogP contribution < -0.4 is 5.32 Å². The summed E-state index contributed by atoms with van der Waals surface area (Å²) in [7, 11) is 0. The molecule has 1 aliphatic heterocycles. The zero-order chi connectivity index (χ0) is 12.7. The number of nitrogens with one attached hydrogen (secondary N) is 1. The standard InChI is InChI=1S/C18H19N/c1-2-8-14(9-3-1)17-18(12-6-7-13-18)15-10-4-5-11-16(15)19-17/h1-5,8-11,17,19H,6-7,12-13H2/t17-/m1/s1. The Morgan fingerprint density at radius 3 is 2.32 bits per heavy atom. The number of para-hydroxylation sites is 1. The normalized spacial score (nSPS) is 23.3. The molecule has 2 aromatic rings. The van der Waals surface area contributed by atoms with Crippen LogP contribution in [0.2, 0.25) is 0 Å². The lowest BCUT2D eigenvalue weighted by atomic mass is 9.73. The average molecular weight is 249 g/mol. The first-order valence-electron chi connectivity index (χ1n) is 7.31. The molecule has 96 valence electrons. The highest BCUT2D eigenvalue weighted by atomic mass is 15.0. The van der Waals surface area contributed by atoms with E-state index in [0.29, 0.717) is 11.5 Å². The van der Waals surface area contributed by atoms with E-state index in [-0.39, 0.29) is 0 Å². The van der Waals surface area contributed by atoms with Crippen LogP contribution in [0.1, 0.15) is 42.9 Å². The largest absolute Gasteiger partial charge is 0.377 e. The molecule has 2 aliphatic rings. The minimum absolute atomic E-state index is 0.331. The third-order valence-corrected chi connectivity index (χ3v) is 4.94. The molecule has 1 heteroatoms. The Bertz CT molecular complexity index is 582. The van der Waals surface area contributed by atoms with E-state index in [0.717, 1.165) is 0 Å². The molecule has 1 atom stereocenters. The van der Waals surface area contributed by atoms with Crippen molar-refractivity contribution in [1.29, 1.82) is 0 Å². The van der Waals surface area contributed by atoms with Gasteiger partial charge in [0.05, 0.1) is 6.04 Å². The molecule has 1 spiro atoms. The maximum absolute atomic E-state index is 3.78. The molecule has 0 saturated heterocycles. The molecule has 2 aromatic carbocycles. The van der Waals surface area contributed by atoms with E-state index in [2.05, 4.69) is 59.9 Å². The summed E-state index contributed by atoms with van der Waals surface area (Å²) in [6.07, 6.45) is 5.35. The second kappa shape index (κ2) is 4.12. The van der Waals surface area contributed by atoms with Crippen molar-refractivity contribution in [2.24, 2.45) is 0 Å². The number of hydrogen-bond acceptors (Lipinski definition) is 1. The van der Waals surface area contributed by atoms with Crippen molar-refractivity contribution in [2.75, 3.05) is 5.32 Å². The zero-order valence-corrected chi connectivity index (χ0v) is 11.1. The fourth-order valence-corrected chi connectivity index (χ4v) is 4.10. The topological polar surface area (TPSA) is 12.0 Å². The predicted molar refractivity (Wildman–Crippen MR) is 79.4 cm³/mol. The molecule has 1 aliphatic carbocycles. The van der Waals surface area contributed by atoms with E-state index >= 15 is 0 Å².